The highest BCUT2D eigenvalue weighted by atomic mass is 16.4. The molecule has 0 radical (unpaired) electrons. The van der Waals surface area contributed by atoms with Gasteiger partial charge in [-0.05, 0) is 104 Å². The predicted octanol–water partition coefficient (Wildman–Crippen LogP) is 7.19. The van der Waals surface area contributed by atoms with Gasteiger partial charge in [0.15, 0.2) is 0 Å². The van der Waals surface area contributed by atoms with E-state index in [4.69, 9.17) is 0 Å². The molecule has 3 N–H and O–H groups in total. The van der Waals surface area contributed by atoms with Crippen molar-refractivity contribution in [3.05, 3.63) is 11.6 Å². The monoisotopic (exact) mass is 492 g/mol. The summed E-state index contributed by atoms with van der Waals surface area (Å²) in [5.74, 6) is 1.96. The van der Waals surface area contributed by atoms with Crippen LogP contribution in [0, 0.1) is 58.2 Å². The number of carboxylic acid groups (broad SMARTS) is 1. The third kappa shape index (κ3) is 5.40. The summed E-state index contributed by atoms with van der Waals surface area (Å²) in [4.78, 5) is 12.3. The maximum absolute atomic E-state index is 12.3. The average molecular weight is 493 g/mol. The van der Waals surface area contributed by atoms with Crippen LogP contribution in [0.1, 0.15) is 107 Å². The molecule has 3 saturated carbocycles. The third-order valence-electron chi connectivity index (χ3n) is 10.7. The average Bonchev–Trinajstić information content (AvgIpc) is 2.94. The van der Waals surface area contributed by atoms with E-state index in [2.05, 4.69) is 33.8 Å². The van der Waals surface area contributed by atoms with Gasteiger partial charge >= 0.3 is 5.97 Å². The number of carboxylic acids is 1. The number of carbonyl (C=O) groups is 1. The van der Waals surface area contributed by atoms with Gasteiger partial charge < -0.3 is 15.3 Å². The van der Waals surface area contributed by atoms with E-state index in [1.54, 1.807) is 0 Å². The minimum Gasteiger partial charge on any atom is -0.481 e. The summed E-state index contributed by atoms with van der Waals surface area (Å²) in [5.41, 5.74) is 1.64. The molecule has 0 amide bonds. The molecule has 10 atom stereocenters. The van der Waals surface area contributed by atoms with E-state index in [1.165, 1.54) is 5.57 Å². The molecule has 4 heteroatoms. The van der Waals surface area contributed by atoms with Crippen LogP contribution in [0.15, 0.2) is 11.6 Å². The molecular formula is C31H56O4. The number of aliphatic carboxylic acids is 1. The van der Waals surface area contributed by atoms with Crippen LogP contribution in [0.4, 0.5) is 0 Å². The first-order valence-corrected chi connectivity index (χ1v) is 14.8. The molecule has 3 fully saturated rings. The van der Waals surface area contributed by atoms with Crippen LogP contribution in [0.5, 0.6) is 0 Å². The largest absolute Gasteiger partial charge is 0.481 e. The van der Waals surface area contributed by atoms with Crippen molar-refractivity contribution in [1.29, 1.82) is 0 Å². The second kappa shape index (κ2) is 12.6. The minimum absolute atomic E-state index is 0.00675. The number of hydrogen-bond acceptors (Lipinski definition) is 3. The van der Waals surface area contributed by atoms with Crippen LogP contribution in [-0.4, -0.2) is 34.5 Å². The molecule has 0 heterocycles. The molecule has 0 aromatic carbocycles. The minimum atomic E-state index is -0.582. The van der Waals surface area contributed by atoms with Crippen molar-refractivity contribution in [1.82, 2.24) is 0 Å². The summed E-state index contributed by atoms with van der Waals surface area (Å²) < 4.78 is 0. The molecule has 204 valence electrons. The van der Waals surface area contributed by atoms with Crippen LogP contribution < -0.4 is 0 Å². The highest BCUT2D eigenvalue weighted by molar-refractivity contribution is 5.72. The van der Waals surface area contributed by atoms with E-state index in [0.717, 1.165) is 51.4 Å². The molecule has 4 aliphatic carbocycles. The molecule has 35 heavy (non-hydrogen) atoms. The van der Waals surface area contributed by atoms with Gasteiger partial charge in [-0.15, -0.1) is 0 Å². The summed E-state index contributed by atoms with van der Waals surface area (Å²) in [6.45, 7) is 17.7. The van der Waals surface area contributed by atoms with E-state index >= 15 is 0 Å². The molecule has 0 aromatic heterocycles. The lowest BCUT2D eigenvalue weighted by Crippen LogP contribution is -2.55. The van der Waals surface area contributed by atoms with Crippen molar-refractivity contribution in [2.75, 3.05) is 13.2 Å². The normalized spacial score (nSPS) is 42.9. The Bertz CT molecular complexity index is 717. The smallest absolute Gasteiger partial charge is 0.307 e. The Morgan fingerprint density at radius 1 is 1.09 bits per heavy atom. The maximum Gasteiger partial charge on any atom is 0.307 e. The van der Waals surface area contributed by atoms with Crippen LogP contribution in [0.3, 0.4) is 0 Å². The SMILES string of the molecule is CC.CC.CC1CC2CCC3C(=CCC4C3(C)CCC(C(C)CO)C4(C)CCO)C(C1)C2C(=O)O. The number of rotatable bonds is 5. The summed E-state index contributed by atoms with van der Waals surface area (Å²) in [6.07, 6.45) is 10.7. The second-order valence-electron chi connectivity index (χ2n) is 12.2. The first kappa shape index (κ1) is 30.4. The fraction of sp³-hybridized carbons (Fsp3) is 0.903. The summed E-state index contributed by atoms with van der Waals surface area (Å²) in [6, 6.07) is 0. The zero-order valence-corrected chi connectivity index (χ0v) is 24.0. The Kier molecular flexibility index (Phi) is 10.9. The molecule has 4 nitrogen and oxygen atoms in total. The van der Waals surface area contributed by atoms with Crippen molar-refractivity contribution in [3.63, 3.8) is 0 Å². The molecule has 0 aromatic rings. The van der Waals surface area contributed by atoms with E-state index in [-0.39, 0.29) is 41.8 Å². The van der Waals surface area contributed by atoms with Gasteiger partial charge in [0, 0.05) is 13.2 Å². The van der Waals surface area contributed by atoms with Gasteiger partial charge in [-0.25, -0.2) is 0 Å². The molecule has 0 aliphatic heterocycles. The number of aliphatic hydroxyl groups is 2. The Balaban J connectivity index is 0.00000103. The Hall–Kier alpha value is -0.870. The standard InChI is InChI=1S/C27H44O4.2C2H6/c1-16-13-18-5-7-22-19(20(14-16)24(18)25(30)31)6-8-23-26(22,3)10-9-21(17(2)15-29)27(23,4)11-12-28;2*1-2/h6,16-18,20-24,28-29H,5,7-15H2,1-4H3,(H,30,31);2*1-2H3. The van der Waals surface area contributed by atoms with Crippen molar-refractivity contribution in [2.24, 2.45) is 58.2 Å². The second-order valence-corrected chi connectivity index (χ2v) is 12.2. The molecule has 2 bridgehead atoms. The maximum atomic E-state index is 12.3. The number of hydrogen-bond donors (Lipinski definition) is 3. The lowest BCUT2D eigenvalue weighted by molar-refractivity contribution is -0.147. The zero-order valence-electron chi connectivity index (χ0n) is 24.0. The first-order chi connectivity index (χ1) is 16.7. The van der Waals surface area contributed by atoms with Crippen molar-refractivity contribution >= 4 is 5.97 Å². The Morgan fingerprint density at radius 2 is 1.74 bits per heavy atom. The van der Waals surface area contributed by atoms with Crippen molar-refractivity contribution < 1.29 is 20.1 Å². The van der Waals surface area contributed by atoms with Crippen molar-refractivity contribution in [3.8, 4) is 0 Å². The molecule has 4 rings (SSSR count). The van der Waals surface area contributed by atoms with E-state index in [9.17, 15) is 20.1 Å². The third-order valence-corrected chi connectivity index (χ3v) is 10.7. The molecule has 10 unspecified atom stereocenters. The molecule has 0 spiro atoms. The van der Waals surface area contributed by atoms with Crippen molar-refractivity contribution in [2.45, 2.75) is 107 Å². The Labute approximate surface area is 216 Å². The van der Waals surface area contributed by atoms with E-state index in [0.29, 0.717) is 29.6 Å². The van der Waals surface area contributed by atoms with Crippen LogP contribution in [-0.2, 0) is 4.79 Å². The van der Waals surface area contributed by atoms with Gasteiger partial charge in [0.1, 0.15) is 0 Å². The fourth-order valence-corrected chi connectivity index (χ4v) is 9.35. The van der Waals surface area contributed by atoms with Gasteiger partial charge in [0.05, 0.1) is 5.92 Å². The molecular weight excluding hydrogens is 436 g/mol. The Morgan fingerprint density at radius 3 is 2.31 bits per heavy atom. The number of fused-ring (bicyclic) bond motifs is 6. The quantitative estimate of drug-likeness (QED) is 0.355. The van der Waals surface area contributed by atoms with Gasteiger partial charge in [0.2, 0.25) is 0 Å². The lowest BCUT2D eigenvalue weighted by Gasteiger charge is -2.62. The molecule has 4 aliphatic rings. The summed E-state index contributed by atoms with van der Waals surface area (Å²) in [5, 5.41) is 30.1. The van der Waals surface area contributed by atoms with E-state index < -0.39 is 5.97 Å². The first-order valence-electron chi connectivity index (χ1n) is 14.8. The predicted molar refractivity (Wildman–Crippen MR) is 145 cm³/mol. The van der Waals surface area contributed by atoms with Gasteiger partial charge in [-0.3, -0.25) is 4.79 Å². The fourth-order valence-electron chi connectivity index (χ4n) is 9.35. The van der Waals surface area contributed by atoms with Crippen LogP contribution in [0.25, 0.3) is 0 Å². The number of allylic oxidation sites excluding steroid dienone is 2. The van der Waals surface area contributed by atoms with Crippen LogP contribution >= 0.6 is 0 Å². The van der Waals surface area contributed by atoms with Gasteiger partial charge in [-0.1, -0.05) is 67.0 Å². The van der Waals surface area contributed by atoms with Gasteiger partial charge in [-0.2, -0.15) is 0 Å². The number of aliphatic hydroxyl groups excluding tert-OH is 2. The topological polar surface area (TPSA) is 77.8 Å². The van der Waals surface area contributed by atoms with Gasteiger partial charge in [0.25, 0.3) is 0 Å². The lowest BCUT2D eigenvalue weighted by atomic mass is 9.42. The summed E-state index contributed by atoms with van der Waals surface area (Å²) >= 11 is 0. The highest BCUT2D eigenvalue weighted by Gasteiger charge is 2.60. The molecule has 0 saturated heterocycles. The summed E-state index contributed by atoms with van der Waals surface area (Å²) in [7, 11) is 0. The zero-order chi connectivity index (χ0) is 26.6. The highest BCUT2D eigenvalue weighted by Crippen LogP contribution is 2.67. The van der Waals surface area contributed by atoms with E-state index in [1.807, 2.05) is 27.7 Å². The van der Waals surface area contributed by atoms with Crippen LogP contribution in [0.2, 0.25) is 0 Å².